The molecule has 106 valence electrons. The summed E-state index contributed by atoms with van der Waals surface area (Å²) in [5, 5.41) is 0. The molecule has 0 radical (unpaired) electrons. The van der Waals surface area contributed by atoms with Crippen molar-refractivity contribution in [2.45, 2.75) is 32.4 Å². The number of hydrogen-bond acceptors (Lipinski definition) is 5. The molecule has 1 fully saturated rings. The molecule has 0 atom stereocenters. The lowest BCUT2D eigenvalue weighted by atomic mass is 10.0. The molecule has 5 heteroatoms. The average molecular weight is 263 g/mol. The van der Waals surface area contributed by atoms with Gasteiger partial charge in [-0.1, -0.05) is 13.0 Å². The zero-order chi connectivity index (χ0) is 13.7. The summed E-state index contributed by atoms with van der Waals surface area (Å²) in [4.78, 5) is 9.22. The number of pyridine rings is 1. The Hall–Kier alpha value is -1.17. The molecular formula is C14H25N5. The van der Waals surface area contributed by atoms with E-state index in [0.717, 1.165) is 6.54 Å². The SMILES string of the molecule is CCN1CCC(N(C)Cc2ccc(NN)nc2)CC1. The van der Waals surface area contributed by atoms with Gasteiger partial charge in [0, 0.05) is 18.8 Å². The number of nitrogens with one attached hydrogen (secondary N) is 1. The van der Waals surface area contributed by atoms with E-state index in [9.17, 15) is 0 Å². The topological polar surface area (TPSA) is 57.4 Å². The Balaban J connectivity index is 1.84. The van der Waals surface area contributed by atoms with Gasteiger partial charge in [-0.2, -0.15) is 0 Å². The van der Waals surface area contributed by atoms with E-state index in [2.05, 4.69) is 40.2 Å². The zero-order valence-electron chi connectivity index (χ0n) is 12.0. The fraction of sp³-hybridized carbons (Fsp3) is 0.643. The second-order valence-corrected chi connectivity index (χ2v) is 5.28. The van der Waals surface area contributed by atoms with E-state index in [1.54, 1.807) is 0 Å². The van der Waals surface area contributed by atoms with Crippen molar-refractivity contribution < 1.29 is 0 Å². The van der Waals surface area contributed by atoms with Crippen molar-refractivity contribution in [3.05, 3.63) is 23.9 Å². The highest BCUT2D eigenvalue weighted by molar-refractivity contribution is 5.33. The molecule has 0 spiro atoms. The van der Waals surface area contributed by atoms with Crippen LogP contribution in [0.15, 0.2) is 18.3 Å². The van der Waals surface area contributed by atoms with Gasteiger partial charge in [0.05, 0.1) is 0 Å². The summed E-state index contributed by atoms with van der Waals surface area (Å²) in [5.74, 6) is 6.03. The number of hydrazine groups is 1. The molecule has 1 aromatic rings. The molecule has 1 saturated heterocycles. The van der Waals surface area contributed by atoms with Crippen LogP contribution in [0.2, 0.25) is 0 Å². The quantitative estimate of drug-likeness (QED) is 0.619. The number of hydrogen-bond donors (Lipinski definition) is 2. The van der Waals surface area contributed by atoms with E-state index in [1.807, 2.05) is 12.3 Å². The third kappa shape index (κ3) is 3.89. The molecule has 0 bridgehead atoms. The molecule has 2 heterocycles. The molecule has 1 aliphatic heterocycles. The molecule has 0 aromatic carbocycles. The summed E-state index contributed by atoms with van der Waals surface area (Å²) in [6.45, 7) is 6.81. The monoisotopic (exact) mass is 263 g/mol. The lowest BCUT2D eigenvalue weighted by molar-refractivity contribution is 0.127. The third-order valence-electron chi connectivity index (χ3n) is 4.03. The molecule has 3 N–H and O–H groups in total. The van der Waals surface area contributed by atoms with Crippen molar-refractivity contribution in [1.82, 2.24) is 14.8 Å². The first-order valence-electron chi connectivity index (χ1n) is 7.07. The second kappa shape index (κ2) is 6.84. The predicted molar refractivity (Wildman–Crippen MR) is 78.7 cm³/mol. The number of piperidine rings is 1. The van der Waals surface area contributed by atoms with E-state index in [0.29, 0.717) is 11.9 Å². The number of aromatic nitrogens is 1. The van der Waals surface area contributed by atoms with Gasteiger partial charge in [0.25, 0.3) is 0 Å². The standard InChI is InChI=1S/C14H25N5/c1-3-19-8-6-13(7-9-19)18(2)11-12-4-5-14(17-15)16-10-12/h4-5,10,13H,3,6-9,11,15H2,1-2H3,(H,16,17). The summed E-state index contributed by atoms with van der Waals surface area (Å²) in [7, 11) is 2.21. The maximum absolute atomic E-state index is 5.32. The molecule has 0 saturated carbocycles. The minimum Gasteiger partial charge on any atom is -0.308 e. The minimum atomic E-state index is 0.690. The van der Waals surface area contributed by atoms with Gasteiger partial charge < -0.3 is 10.3 Å². The van der Waals surface area contributed by atoms with Crippen LogP contribution in [-0.4, -0.2) is 47.5 Å². The van der Waals surface area contributed by atoms with Gasteiger partial charge in [0.1, 0.15) is 5.82 Å². The van der Waals surface area contributed by atoms with Gasteiger partial charge in [0.2, 0.25) is 0 Å². The number of nitrogens with zero attached hydrogens (tertiary/aromatic N) is 3. The van der Waals surface area contributed by atoms with Gasteiger partial charge in [-0.25, -0.2) is 10.8 Å². The molecule has 5 nitrogen and oxygen atoms in total. The predicted octanol–water partition coefficient (Wildman–Crippen LogP) is 1.28. The number of rotatable bonds is 5. The lowest BCUT2D eigenvalue weighted by Gasteiger charge is -2.36. The molecule has 1 aromatic heterocycles. The Kier molecular flexibility index (Phi) is 5.13. The van der Waals surface area contributed by atoms with Crippen LogP contribution in [0.25, 0.3) is 0 Å². The number of anilines is 1. The second-order valence-electron chi connectivity index (χ2n) is 5.28. The zero-order valence-corrected chi connectivity index (χ0v) is 12.0. The average Bonchev–Trinajstić information content (AvgIpc) is 2.48. The Bertz CT molecular complexity index is 370. The van der Waals surface area contributed by atoms with Gasteiger partial charge in [-0.05, 0) is 51.2 Å². The number of nitrogen functional groups attached to an aromatic ring is 1. The van der Waals surface area contributed by atoms with E-state index in [4.69, 9.17) is 5.84 Å². The first-order chi connectivity index (χ1) is 9.22. The van der Waals surface area contributed by atoms with Crippen LogP contribution in [-0.2, 0) is 6.54 Å². The Labute approximate surface area is 115 Å². The molecule has 0 aliphatic carbocycles. The van der Waals surface area contributed by atoms with Gasteiger partial charge in [0.15, 0.2) is 0 Å². The molecular weight excluding hydrogens is 238 g/mol. The first kappa shape index (κ1) is 14.2. The maximum Gasteiger partial charge on any atom is 0.139 e. The highest BCUT2D eigenvalue weighted by Gasteiger charge is 2.21. The minimum absolute atomic E-state index is 0.690. The van der Waals surface area contributed by atoms with E-state index < -0.39 is 0 Å². The molecule has 2 rings (SSSR count). The third-order valence-corrected chi connectivity index (χ3v) is 4.03. The van der Waals surface area contributed by atoms with Crippen LogP contribution in [0, 0.1) is 0 Å². The van der Waals surface area contributed by atoms with E-state index in [1.165, 1.54) is 38.0 Å². The lowest BCUT2D eigenvalue weighted by Crippen LogP contribution is -2.42. The first-order valence-corrected chi connectivity index (χ1v) is 7.07. The normalized spacial score (nSPS) is 17.9. The van der Waals surface area contributed by atoms with Crippen LogP contribution in [0.1, 0.15) is 25.3 Å². The van der Waals surface area contributed by atoms with Crippen molar-refractivity contribution in [3.63, 3.8) is 0 Å². The Morgan fingerprint density at radius 2 is 2.16 bits per heavy atom. The molecule has 0 unspecified atom stereocenters. The van der Waals surface area contributed by atoms with Crippen molar-refractivity contribution in [2.75, 3.05) is 32.1 Å². The van der Waals surface area contributed by atoms with Crippen LogP contribution < -0.4 is 11.3 Å². The molecule has 0 amide bonds. The summed E-state index contributed by atoms with van der Waals surface area (Å²) in [6.07, 6.45) is 4.42. The van der Waals surface area contributed by atoms with Gasteiger partial charge in [-0.3, -0.25) is 4.90 Å². The van der Waals surface area contributed by atoms with Crippen LogP contribution >= 0.6 is 0 Å². The van der Waals surface area contributed by atoms with Crippen LogP contribution in [0.5, 0.6) is 0 Å². The number of nitrogens with two attached hydrogens (primary N) is 1. The molecule has 1 aliphatic rings. The van der Waals surface area contributed by atoms with Crippen LogP contribution in [0.3, 0.4) is 0 Å². The van der Waals surface area contributed by atoms with Crippen molar-refractivity contribution in [3.8, 4) is 0 Å². The highest BCUT2D eigenvalue weighted by Crippen LogP contribution is 2.17. The van der Waals surface area contributed by atoms with Gasteiger partial charge in [-0.15, -0.1) is 0 Å². The molecule has 19 heavy (non-hydrogen) atoms. The fourth-order valence-corrected chi connectivity index (χ4v) is 2.70. The Morgan fingerprint density at radius 3 is 2.68 bits per heavy atom. The highest BCUT2D eigenvalue weighted by atomic mass is 15.2. The largest absolute Gasteiger partial charge is 0.308 e. The van der Waals surface area contributed by atoms with E-state index >= 15 is 0 Å². The number of likely N-dealkylation sites (tertiary alicyclic amines) is 1. The maximum atomic E-state index is 5.32. The summed E-state index contributed by atoms with van der Waals surface area (Å²) in [5.41, 5.74) is 3.79. The van der Waals surface area contributed by atoms with Crippen molar-refractivity contribution in [1.29, 1.82) is 0 Å². The van der Waals surface area contributed by atoms with Crippen molar-refractivity contribution >= 4 is 5.82 Å². The fourth-order valence-electron chi connectivity index (χ4n) is 2.70. The summed E-state index contributed by atoms with van der Waals surface area (Å²) >= 11 is 0. The smallest absolute Gasteiger partial charge is 0.139 e. The summed E-state index contributed by atoms with van der Waals surface area (Å²) in [6, 6.07) is 4.69. The van der Waals surface area contributed by atoms with Crippen LogP contribution in [0.4, 0.5) is 5.82 Å². The van der Waals surface area contributed by atoms with Crippen molar-refractivity contribution in [2.24, 2.45) is 5.84 Å². The summed E-state index contributed by atoms with van der Waals surface area (Å²) < 4.78 is 0. The van der Waals surface area contributed by atoms with E-state index in [-0.39, 0.29) is 0 Å². The van der Waals surface area contributed by atoms with Gasteiger partial charge >= 0.3 is 0 Å². The Morgan fingerprint density at radius 1 is 1.42 bits per heavy atom.